The van der Waals surface area contributed by atoms with Crippen LogP contribution < -0.4 is 10.1 Å². The third-order valence-corrected chi connectivity index (χ3v) is 7.45. The molecule has 5 rings (SSSR count). The summed E-state index contributed by atoms with van der Waals surface area (Å²) < 4.78 is 5.79. The number of halogens is 2. The zero-order valence-electron chi connectivity index (χ0n) is 19.4. The molecule has 1 aliphatic heterocycles. The lowest BCUT2D eigenvalue weighted by molar-refractivity contribution is -0.0547. The third-order valence-electron chi connectivity index (χ3n) is 6.96. The lowest BCUT2D eigenvalue weighted by Crippen LogP contribution is -2.55. The Labute approximate surface area is 222 Å². The minimum atomic E-state index is -1.09. The first kappa shape index (κ1) is 26.4. The first-order valence-electron chi connectivity index (χ1n) is 11.7. The van der Waals surface area contributed by atoms with Crippen LogP contribution in [-0.4, -0.2) is 40.9 Å². The quantitative estimate of drug-likeness (QED) is 0.310. The summed E-state index contributed by atoms with van der Waals surface area (Å²) in [6, 6.07) is 21.2. The van der Waals surface area contributed by atoms with Crippen LogP contribution in [0.15, 0.2) is 72.9 Å². The van der Waals surface area contributed by atoms with Crippen LogP contribution in [0.4, 0.5) is 0 Å². The van der Waals surface area contributed by atoms with E-state index in [4.69, 9.17) is 32.9 Å². The predicted molar refractivity (Wildman–Crippen MR) is 147 cm³/mol. The van der Waals surface area contributed by atoms with Gasteiger partial charge < -0.3 is 15.2 Å². The number of hydrogen-bond acceptors (Lipinski definition) is 5. The van der Waals surface area contributed by atoms with Crippen molar-refractivity contribution in [2.24, 2.45) is 5.92 Å². The Morgan fingerprint density at radius 3 is 2.58 bits per heavy atom. The van der Waals surface area contributed by atoms with Gasteiger partial charge in [-0.2, -0.15) is 0 Å². The number of aromatic nitrogens is 2. The van der Waals surface area contributed by atoms with Gasteiger partial charge >= 0.3 is 0 Å². The standard InChI is InChI=1S/C28H27Cl2N3O2.CH4/c1-35-27-24(15-19-14-22(30)9-10-25(19)33-27)26(18-5-7-21(29)8-6-18)28(34)11-13-31-17-20(28)16-23-4-2-3-12-32-23;/h2-10,12,14-15,20,26,31,34H,11,13,16-17H2,1H3;1H4. The van der Waals surface area contributed by atoms with Gasteiger partial charge in [0.25, 0.3) is 0 Å². The second-order valence-electron chi connectivity index (χ2n) is 9.08. The smallest absolute Gasteiger partial charge is 0.217 e. The summed E-state index contributed by atoms with van der Waals surface area (Å²) in [4.78, 5) is 9.32. The minimum Gasteiger partial charge on any atom is -0.481 e. The molecule has 0 aliphatic carbocycles. The highest BCUT2D eigenvalue weighted by molar-refractivity contribution is 6.31. The van der Waals surface area contributed by atoms with Crippen LogP contribution in [0.5, 0.6) is 5.88 Å². The van der Waals surface area contributed by atoms with E-state index in [0.29, 0.717) is 41.9 Å². The van der Waals surface area contributed by atoms with Gasteiger partial charge in [-0.15, -0.1) is 0 Å². The van der Waals surface area contributed by atoms with Gasteiger partial charge in [0, 0.05) is 51.3 Å². The van der Waals surface area contributed by atoms with Crippen molar-refractivity contribution in [3.63, 3.8) is 0 Å². The molecule has 3 heterocycles. The molecule has 0 spiro atoms. The van der Waals surface area contributed by atoms with E-state index in [-0.39, 0.29) is 13.3 Å². The number of nitrogens with one attached hydrogen (secondary N) is 1. The molecule has 0 bridgehead atoms. The molecule has 2 N–H and O–H groups in total. The second kappa shape index (κ2) is 11.1. The molecule has 3 atom stereocenters. The summed E-state index contributed by atoms with van der Waals surface area (Å²) in [5, 5.41) is 18.2. The molecular weight excluding hydrogens is 493 g/mol. The Kier molecular flexibility index (Phi) is 8.16. The molecular formula is C29H31Cl2N3O2. The van der Waals surface area contributed by atoms with E-state index in [2.05, 4.69) is 10.3 Å². The van der Waals surface area contributed by atoms with Gasteiger partial charge in [-0.05, 0) is 73.5 Å². The molecule has 7 heteroatoms. The number of piperidine rings is 1. The van der Waals surface area contributed by atoms with Crippen LogP contribution in [0.1, 0.15) is 36.6 Å². The van der Waals surface area contributed by atoms with Crippen molar-refractivity contribution in [3.05, 3.63) is 99.8 Å². The van der Waals surface area contributed by atoms with E-state index in [1.807, 2.05) is 66.7 Å². The van der Waals surface area contributed by atoms with Crippen LogP contribution >= 0.6 is 23.2 Å². The molecule has 1 fully saturated rings. The van der Waals surface area contributed by atoms with Crippen molar-refractivity contribution in [3.8, 4) is 5.88 Å². The topological polar surface area (TPSA) is 67.3 Å². The largest absolute Gasteiger partial charge is 0.481 e. The zero-order chi connectivity index (χ0) is 24.4. The lowest BCUT2D eigenvalue weighted by atomic mass is 9.66. The molecule has 1 saturated heterocycles. The van der Waals surface area contributed by atoms with Crippen LogP contribution in [0.3, 0.4) is 0 Å². The number of nitrogens with zero attached hydrogens (tertiary/aromatic N) is 2. The minimum absolute atomic E-state index is 0. The molecule has 1 aliphatic rings. The SMILES string of the molecule is C.COc1nc2ccc(Cl)cc2cc1C(c1ccc(Cl)cc1)C1(O)CCNCC1Cc1ccccn1. The van der Waals surface area contributed by atoms with Gasteiger partial charge in [-0.1, -0.05) is 48.8 Å². The maximum absolute atomic E-state index is 12.6. The monoisotopic (exact) mass is 523 g/mol. The zero-order valence-corrected chi connectivity index (χ0v) is 20.9. The first-order chi connectivity index (χ1) is 17.0. The fourth-order valence-corrected chi connectivity index (χ4v) is 5.56. The summed E-state index contributed by atoms with van der Waals surface area (Å²) in [5.41, 5.74) is 2.42. The van der Waals surface area contributed by atoms with Crippen molar-refractivity contribution in [1.29, 1.82) is 0 Å². The van der Waals surface area contributed by atoms with Crippen LogP contribution in [-0.2, 0) is 6.42 Å². The highest BCUT2D eigenvalue weighted by Crippen LogP contribution is 2.47. The van der Waals surface area contributed by atoms with Gasteiger partial charge in [0.05, 0.1) is 18.2 Å². The van der Waals surface area contributed by atoms with E-state index < -0.39 is 11.5 Å². The molecule has 5 nitrogen and oxygen atoms in total. The summed E-state index contributed by atoms with van der Waals surface area (Å²) in [5.74, 6) is -0.00341. The average molecular weight is 524 g/mol. The van der Waals surface area contributed by atoms with Crippen LogP contribution in [0.2, 0.25) is 10.0 Å². The fourth-order valence-electron chi connectivity index (χ4n) is 5.26. The number of ether oxygens (including phenoxy) is 1. The van der Waals surface area contributed by atoms with Crippen molar-refractivity contribution in [2.75, 3.05) is 20.2 Å². The van der Waals surface area contributed by atoms with Gasteiger partial charge in [0.2, 0.25) is 5.88 Å². The van der Waals surface area contributed by atoms with E-state index in [1.165, 1.54) is 0 Å². The molecule has 36 heavy (non-hydrogen) atoms. The molecule has 0 amide bonds. The summed E-state index contributed by atoms with van der Waals surface area (Å²) >= 11 is 12.6. The number of hydrogen-bond donors (Lipinski definition) is 2. The van der Waals surface area contributed by atoms with Crippen LogP contribution in [0.25, 0.3) is 10.9 Å². The number of benzene rings is 2. The van der Waals surface area contributed by atoms with Crippen molar-refractivity contribution in [2.45, 2.75) is 31.8 Å². The van der Waals surface area contributed by atoms with Crippen molar-refractivity contribution < 1.29 is 9.84 Å². The Hall–Kier alpha value is -2.70. The number of pyridine rings is 2. The van der Waals surface area contributed by atoms with E-state index in [0.717, 1.165) is 27.7 Å². The Balaban J connectivity index is 0.00000304. The number of fused-ring (bicyclic) bond motifs is 1. The normalized spacial score (nSPS) is 20.5. The molecule has 2 aromatic carbocycles. The van der Waals surface area contributed by atoms with E-state index >= 15 is 0 Å². The number of methoxy groups -OCH3 is 1. The van der Waals surface area contributed by atoms with Gasteiger partial charge in [-0.3, -0.25) is 4.98 Å². The fraction of sp³-hybridized carbons (Fsp3) is 0.310. The lowest BCUT2D eigenvalue weighted by Gasteiger charge is -2.46. The number of aliphatic hydroxyl groups is 1. The summed E-state index contributed by atoms with van der Waals surface area (Å²) in [7, 11) is 1.62. The Bertz CT molecular complexity index is 1320. The highest BCUT2D eigenvalue weighted by atomic mass is 35.5. The Morgan fingerprint density at radius 1 is 1.08 bits per heavy atom. The molecule has 188 valence electrons. The average Bonchev–Trinajstić information content (AvgIpc) is 2.87. The summed E-state index contributed by atoms with van der Waals surface area (Å²) in [6.07, 6.45) is 3.00. The highest BCUT2D eigenvalue weighted by Gasteiger charge is 2.48. The molecule has 2 aromatic heterocycles. The van der Waals surface area contributed by atoms with Gasteiger partial charge in [0.15, 0.2) is 0 Å². The van der Waals surface area contributed by atoms with Gasteiger partial charge in [-0.25, -0.2) is 4.98 Å². The van der Waals surface area contributed by atoms with Crippen LogP contribution in [0, 0.1) is 5.92 Å². The molecule has 4 aromatic rings. The van der Waals surface area contributed by atoms with Gasteiger partial charge in [0.1, 0.15) is 0 Å². The molecule has 0 radical (unpaired) electrons. The third kappa shape index (κ3) is 5.21. The summed E-state index contributed by atoms with van der Waals surface area (Å²) in [6.45, 7) is 1.38. The van der Waals surface area contributed by atoms with Crippen molar-refractivity contribution >= 4 is 34.1 Å². The predicted octanol–water partition coefficient (Wildman–Crippen LogP) is 6.30. The molecule has 3 unspecified atom stereocenters. The van der Waals surface area contributed by atoms with E-state index in [1.54, 1.807) is 13.3 Å². The first-order valence-corrected chi connectivity index (χ1v) is 12.5. The maximum Gasteiger partial charge on any atom is 0.217 e. The van der Waals surface area contributed by atoms with Crippen molar-refractivity contribution in [1.82, 2.24) is 15.3 Å². The maximum atomic E-state index is 12.6. The second-order valence-corrected chi connectivity index (χ2v) is 9.95. The molecule has 0 saturated carbocycles. The number of rotatable bonds is 6. The van der Waals surface area contributed by atoms with E-state index in [9.17, 15) is 5.11 Å². The Morgan fingerprint density at radius 2 is 1.86 bits per heavy atom.